The van der Waals surface area contributed by atoms with Gasteiger partial charge in [0.15, 0.2) is 0 Å². The summed E-state index contributed by atoms with van der Waals surface area (Å²) < 4.78 is 5.60. The summed E-state index contributed by atoms with van der Waals surface area (Å²) in [5.41, 5.74) is -1.02. The molecule has 0 saturated heterocycles. The highest BCUT2D eigenvalue weighted by atomic mass is 16.6. The molecule has 0 heterocycles. The number of hydrogen-bond donors (Lipinski definition) is 2. The lowest BCUT2D eigenvalue weighted by Crippen LogP contribution is -2.38. The standard InChI is InChI=1S/C17H21NO6/c1-16(2)9-4-5-17(16,3)13(6-9)24-15(21)14-11(19)7-10(18(22)23)8-12(14)20/h7-9,13,19-20H,4-6H2,1-3H3. The van der Waals surface area contributed by atoms with Crippen LogP contribution in [0.3, 0.4) is 0 Å². The van der Waals surface area contributed by atoms with Crippen molar-refractivity contribution < 1.29 is 24.7 Å². The number of ether oxygens (including phenoxy) is 1. The molecule has 7 heteroatoms. The number of phenols is 2. The van der Waals surface area contributed by atoms with E-state index in [1.165, 1.54) is 0 Å². The quantitative estimate of drug-likeness (QED) is 0.498. The maximum absolute atomic E-state index is 12.4. The van der Waals surface area contributed by atoms with Crippen molar-refractivity contribution in [3.05, 3.63) is 27.8 Å². The van der Waals surface area contributed by atoms with Gasteiger partial charge in [-0.1, -0.05) is 20.8 Å². The minimum Gasteiger partial charge on any atom is -0.507 e. The third-order valence-corrected chi connectivity index (χ3v) is 6.46. The van der Waals surface area contributed by atoms with E-state index in [-0.39, 0.29) is 16.9 Å². The molecule has 3 rings (SSSR count). The Morgan fingerprint density at radius 3 is 2.29 bits per heavy atom. The molecule has 3 atom stereocenters. The summed E-state index contributed by atoms with van der Waals surface area (Å²) in [6.07, 6.45) is 2.52. The van der Waals surface area contributed by atoms with Gasteiger partial charge in [0.2, 0.25) is 0 Å². The number of aromatic hydroxyl groups is 2. The lowest BCUT2D eigenvalue weighted by molar-refractivity contribution is -0.385. The van der Waals surface area contributed by atoms with E-state index in [1.54, 1.807) is 0 Å². The Balaban J connectivity index is 1.86. The van der Waals surface area contributed by atoms with Crippen molar-refractivity contribution in [2.45, 2.75) is 46.1 Å². The lowest BCUT2D eigenvalue weighted by atomic mass is 9.70. The Hall–Kier alpha value is -2.31. The van der Waals surface area contributed by atoms with Crippen LogP contribution in [0, 0.1) is 26.9 Å². The molecular weight excluding hydrogens is 314 g/mol. The van der Waals surface area contributed by atoms with Crippen LogP contribution in [0.4, 0.5) is 5.69 Å². The Morgan fingerprint density at radius 2 is 1.88 bits per heavy atom. The zero-order valence-electron chi connectivity index (χ0n) is 13.9. The van der Waals surface area contributed by atoms with Gasteiger partial charge in [-0.2, -0.15) is 0 Å². The Morgan fingerprint density at radius 1 is 1.29 bits per heavy atom. The predicted octanol–water partition coefficient (Wildman–Crippen LogP) is 3.38. The smallest absolute Gasteiger partial charge is 0.346 e. The van der Waals surface area contributed by atoms with Crippen LogP contribution < -0.4 is 0 Å². The monoisotopic (exact) mass is 335 g/mol. The zero-order chi connectivity index (χ0) is 17.9. The van der Waals surface area contributed by atoms with E-state index >= 15 is 0 Å². The van der Waals surface area contributed by atoms with Gasteiger partial charge in [0, 0.05) is 5.41 Å². The number of nitrogens with zero attached hydrogens (tertiary/aromatic N) is 1. The summed E-state index contributed by atoms with van der Waals surface area (Å²) in [4.78, 5) is 22.4. The van der Waals surface area contributed by atoms with Gasteiger partial charge in [-0.3, -0.25) is 10.1 Å². The Kier molecular flexibility index (Phi) is 3.51. The fourth-order valence-corrected chi connectivity index (χ4v) is 4.41. The number of nitro benzene ring substituents is 1. The Bertz CT molecular complexity index is 705. The second-order valence-electron chi connectivity index (χ2n) is 7.62. The van der Waals surface area contributed by atoms with Crippen molar-refractivity contribution in [3.8, 4) is 11.5 Å². The van der Waals surface area contributed by atoms with Crippen molar-refractivity contribution in [2.24, 2.45) is 16.7 Å². The molecule has 2 N–H and O–H groups in total. The first-order valence-electron chi connectivity index (χ1n) is 7.99. The van der Waals surface area contributed by atoms with Crippen molar-refractivity contribution in [1.29, 1.82) is 0 Å². The van der Waals surface area contributed by atoms with Crippen LogP contribution in [-0.2, 0) is 4.74 Å². The number of benzene rings is 1. The van der Waals surface area contributed by atoms with Gasteiger partial charge in [0.05, 0.1) is 17.1 Å². The van der Waals surface area contributed by atoms with E-state index < -0.39 is 33.6 Å². The summed E-state index contributed by atoms with van der Waals surface area (Å²) in [6, 6.07) is 1.67. The largest absolute Gasteiger partial charge is 0.507 e. The number of carbonyl (C=O) groups is 1. The zero-order valence-corrected chi connectivity index (χ0v) is 13.9. The van der Waals surface area contributed by atoms with E-state index in [4.69, 9.17) is 4.74 Å². The number of fused-ring (bicyclic) bond motifs is 2. The maximum atomic E-state index is 12.4. The molecule has 0 aromatic heterocycles. The number of carbonyl (C=O) groups excluding carboxylic acids is 1. The molecule has 0 aliphatic heterocycles. The van der Waals surface area contributed by atoms with E-state index in [0.29, 0.717) is 5.92 Å². The highest BCUT2D eigenvalue weighted by molar-refractivity contribution is 5.96. The van der Waals surface area contributed by atoms with Crippen LogP contribution in [0.1, 0.15) is 50.4 Å². The van der Waals surface area contributed by atoms with E-state index in [0.717, 1.165) is 31.4 Å². The number of non-ortho nitro benzene ring substituents is 1. The minimum absolute atomic E-state index is 0.0531. The van der Waals surface area contributed by atoms with Crippen molar-refractivity contribution in [3.63, 3.8) is 0 Å². The molecule has 2 bridgehead atoms. The van der Waals surface area contributed by atoms with E-state index in [2.05, 4.69) is 20.8 Å². The van der Waals surface area contributed by atoms with Gasteiger partial charge in [-0.05, 0) is 30.6 Å². The predicted molar refractivity (Wildman–Crippen MR) is 84.9 cm³/mol. The molecule has 1 aromatic rings. The molecule has 24 heavy (non-hydrogen) atoms. The summed E-state index contributed by atoms with van der Waals surface area (Å²) in [5, 5.41) is 30.5. The van der Waals surface area contributed by atoms with Crippen LogP contribution in [-0.4, -0.2) is 27.2 Å². The molecule has 7 nitrogen and oxygen atoms in total. The van der Waals surface area contributed by atoms with E-state index in [1.807, 2.05) is 0 Å². The molecule has 1 aromatic carbocycles. The molecule has 2 saturated carbocycles. The van der Waals surface area contributed by atoms with Crippen molar-refractivity contribution >= 4 is 11.7 Å². The molecule has 0 spiro atoms. The fraction of sp³-hybridized carbons (Fsp3) is 0.588. The van der Waals surface area contributed by atoms with Crippen molar-refractivity contribution in [2.75, 3.05) is 0 Å². The Labute approximate surface area is 139 Å². The minimum atomic E-state index is -0.852. The highest BCUT2D eigenvalue weighted by Gasteiger charge is 2.63. The highest BCUT2D eigenvalue weighted by Crippen LogP contribution is 2.66. The van der Waals surface area contributed by atoms with Crippen LogP contribution in [0.5, 0.6) is 11.5 Å². The van der Waals surface area contributed by atoms with Gasteiger partial charge in [0.1, 0.15) is 23.2 Å². The SMILES string of the molecule is CC1(C)C2CCC1(C)C(OC(=O)c1c(O)cc([N+](=O)[O-])cc1O)C2. The molecule has 3 unspecified atom stereocenters. The molecule has 2 aliphatic carbocycles. The normalized spacial score (nSPS) is 30.3. The molecule has 0 amide bonds. The van der Waals surface area contributed by atoms with Crippen molar-refractivity contribution in [1.82, 2.24) is 0 Å². The first-order chi connectivity index (χ1) is 11.1. The molecule has 2 aliphatic rings. The lowest BCUT2D eigenvalue weighted by Gasteiger charge is -2.38. The topological polar surface area (TPSA) is 110 Å². The van der Waals surface area contributed by atoms with Crippen LogP contribution in [0.25, 0.3) is 0 Å². The molecule has 2 fully saturated rings. The van der Waals surface area contributed by atoms with E-state index in [9.17, 15) is 25.1 Å². The maximum Gasteiger partial charge on any atom is 0.346 e. The fourth-order valence-electron chi connectivity index (χ4n) is 4.41. The van der Waals surface area contributed by atoms with Crippen LogP contribution >= 0.6 is 0 Å². The number of esters is 1. The second kappa shape index (κ2) is 5.09. The molecular formula is C17H21NO6. The third kappa shape index (κ3) is 2.14. The summed E-state index contributed by atoms with van der Waals surface area (Å²) in [7, 11) is 0. The van der Waals surface area contributed by atoms with Gasteiger partial charge >= 0.3 is 5.97 Å². The average molecular weight is 335 g/mol. The van der Waals surface area contributed by atoms with Gasteiger partial charge in [-0.15, -0.1) is 0 Å². The average Bonchev–Trinajstić information content (AvgIpc) is 2.79. The van der Waals surface area contributed by atoms with Crippen LogP contribution in [0.15, 0.2) is 12.1 Å². The third-order valence-electron chi connectivity index (χ3n) is 6.46. The van der Waals surface area contributed by atoms with Gasteiger partial charge in [0.25, 0.3) is 5.69 Å². The van der Waals surface area contributed by atoms with Gasteiger partial charge in [-0.25, -0.2) is 4.79 Å². The first-order valence-corrected chi connectivity index (χ1v) is 7.99. The number of phenolic OH excluding ortho intramolecular Hbond substituents is 2. The summed E-state index contributed by atoms with van der Waals surface area (Å²) in [5.74, 6) is -1.69. The number of hydrogen-bond acceptors (Lipinski definition) is 6. The molecule has 0 radical (unpaired) electrons. The summed E-state index contributed by atoms with van der Waals surface area (Å²) >= 11 is 0. The first kappa shape index (κ1) is 16.5. The number of rotatable bonds is 3. The second-order valence-corrected chi connectivity index (χ2v) is 7.62. The molecule has 130 valence electrons. The summed E-state index contributed by atoms with van der Waals surface area (Å²) in [6.45, 7) is 6.46. The van der Waals surface area contributed by atoms with Crippen LogP contribution in [0.2, 0.25) is 0 Å². The number of nitro groups is 1. The van der Waals surface area contributed by atoms with Gasteiger partial charge < -0.3 is 14.9 Å².